The number of carbonyl (C=O) groups is 1. The van der Waals surface area contributed by atoms with E-state index >= 15 is 0 Å². The van der Waals surface area contributed by atoms with Gasteiger partial charge in [-0.05, 0) is 30.7 Å². The van der Waals surface area contributed by atoms with Crippen molar-refractivity contribution in [2.45, 2.75) is 13.3 Å². The number of aromatic nitrogens is 2. The van der Waals surface area contributed by atoms with Crippen LogP contribution in [0.3, 0.4) is 0 Å². The van der Waals surface area contributed by atoms with Crippen LogP contribution in [-0.2, 0) is 6.42 Å². The Morgan fingerprint density at radius 3 is 2.29 bits per heavy atom. The van der Waals surface area contributed by atoms with Crippen molar-refractivity contribution in [2.75, 3.05) is 0 Å². The molecular formula is C18H16N2O. The Balaban J connectivity index is 1.86. The van der Waals surface area contributed by atoms with Crippen LogP contribution >= 0.6 is 0 Å². The van der Waals surface area contributed by atoms with E-state index in [1.165, 1.54) is 10.2 Å². The number of nitrogens with zero attached hydrogens (tertiary/aromatic N) is 2. The van der Waals surface area contributed by atoms with Crippen LogP contribution in [0.25, 0.3) is 0 Å². The van der Waals surface area contributed by atoms with Gasteiger partial charge in [0.1, 0.15) is 0 Å². The molecule has 3 aromatic rings. The van der Waals surface area contributed by atoms with Crippen molar-refractivity contribution in [3.8, 4) is 0 Å². The molecule has 0 aliphatic rings. The maximum Gasteiger partial charge on any atom is 0.278 e. The van der Waals surface area contributed by atoms with Gasteiger partial charge in [-0.15, -0.1) is 0 Å². The smallest absolute Gasteiger partial charge is 0.267 e. The van der Waals surface area contributed by atoms with Gasteiger partial charge in [-0.2, -0.15) is 5.10 Å². The zero-order chi connectivity index (χ0) is 14.7. The highest BCUT2D eigenvalue weighted by molar-refractivity contribution is 5.95. The summed E-state index contributed by atoms with van der Waals surface area (Å²) in [5, 5.41) is 4.45. The minimum absolute atomic E-state index is 0.0904. The highest BCUT2D eigenvalue weighted by atomic mass is 16.2. The third-order valence-corrected chi connectivity index (χ3v) is 3.38. The lowest BCUT2D eigenvalue weighted by atomic mass is 10.1. The molecule has 0 saturated heterocycles. The number of hydrogen-bond acceptors (Lipinski definition) is 2. The first-order valence-electron chi connectivity index (χ1n) is 6.93. The van der Waals surface area contributed by atoms with E-state index in [9.17, 15) is 4.79 Å². The van der Waals surface area contributed by atoms with E-state index in [-0.39, 0.29) is 5.91 Å². The van der Waals surface area contributed by atoms with Gasteiger partial charge in [-0.1, -0.05) is 48.5 Å². The van der Waals surface area contributed by atoms with Crippen molar-refractivity contribution in [1.29, 1.82) is 0 Å². The standard InChI is InChI=1S/C18H16N2O/c1-14-12-17(13-15-8-4-2-5-9-15)19-20(14)18(21)16-10-6-3-7-11-16/h2-12H,13H2,1H3. The van der Waals surface area contributed by atoms with Gasteiger partial charge in [0.2, 0.25) is 0 Å². The van der Waals surface area contributed by atoms with E-state index in [2.05, 4.69) is 17.2 Å². The van der Waals surface area contributed by atoms with Gasteiger partial charge in [-0.25, -0.2) is 4.68 Å². The van der Waals surface area contributed by atoms with E-state index in [1.807, 2.05) is 49.4 Å². The van der Waals surface area contributed by atoms with Gasteiger partial charge in [0.05, 0.1) is 5.69 Å². The molecule has 0 atom stereocenters. The van der Waals surface area contributed by atoms with Crippen LogP contribution in [0, 0.1) is 6.92 Å². The number of carbonyl (C=O) groups excluding carboxylic acids is 1. The van der Waals surface area contributed by atoms with Crippen LogP contribution in [0.4, 0.5) is 0 Å². The second kappa shape index (κ2) is 5.75. The Kier molecular flexibility index (Phi) is 3.65. The minimum Gasteiger partial charge on any atom is -0.267 e. The Bertz CT molecular complexity index is 745. The predicted octanol–water partition coefficient (Wildman–Crippen LogP) is 3.47. The Hall–Kier alpha value is -2.68. The van der Waals surface area contributed by atoms with E-state index in [0.29, 0.717) is 5.56 Å². The summed E-state index contributed by atoms with van der Waals surface area (Å²) in [5.74, 6) is -0.0904. The number of hydrogen-bond donors (Lipinski definition) is 0. The highest BCUT2D eigenvalue weighted by Crippen LogP contribution is 2.12. The molecule has 1 heterocycles. The summed E-state index contributed by atoms with van der Waals surface area (Å²) < 4.78 is 1.48. The topological polar surface area (TPSA) is 34.9 Å². The normalized spacial score (nSPS) is 10.5. The van der Waals surface area contributed by atoms with Crippen molar-refractivity contribution in [2.24, 2.45) is 0 Å². The lowest BCUT2D eigenvalue weighted by Gasteiger charge is -2.02. The molecule has 0 aliphatic carbocycles. The summed E-state index contributed by atoms with van der Waals surface area (Å²) in [4.78, 5) is 12.4. The quantitative estimate of drug-likeness (QED) is 0.734. The molecule has 0 saturated carbocycles. The zero-order valence-corrected chi connectivity index (χ0v) is 11.9. The average molecular weight is 276 g/mol. The van der Waals surface area contributed by atoms with Crippen LogP contribution in [-0.4, -0.2) is 15.7 Å². The first-order chi connectivity index (χ1) is 10.2. The molecule has 21 heavy (non-hydrogen) atoms. The van der Waals surface area contributed by atoms with Gasteiger partial charge >= 0.3 is 0 Å². The summed E-state index contributed by atoms with van der Waals surface area (Å²) in [6, 6.07) is 21.3. The summed E-state index contributed by atoms with van der Waals surface area (Å²) >= 11 is 0. The summed E-state index contributed by atoms with van der Waals surface area (Å²) in [7, 11) is 0. The maximum atomic E-state index is 12.4. The maximum absolute atomic E-state index is 12.4. The SMILES string of the molecule is Cc1cc(Cc2ccccc2)nn1C(=O)c1ccccc1. The third kappa shape index (κ3) is 2.92. The molecule has 3 heteroatoms. The van der Waals surface area contributed by atoms with Crippen molar-refractivity contribution >= 4 is 5.91 Å². The lowest BCUT2D eigenvalue weighted by molar-refractivity contribution is 0.0942. The average Bonchev–Trinajstić information content (AvgIpc) is 2.89. The second-order valence-electron chi connectivity index (χ2n) is 5.02. The molecule has 0 spiro atoms. The summed E-state index contributed by atoms with van der Waals surface area (Å²) in [5.41, 5.74) is 3.60. The van der Waals surface area contributed by atoms with E-state index < -0.39 is 0 Å². The lowest BCUT2D eigenvalue weighted by Crippen LogP contribution is -2.15. The van der Waals surface area contributed by atoms with Crippen molar-refractivity contribution in [3.63, 3.8) is 0 Å². The monoisotopic (exact) mass is 276 g/mol. The first kappa shape index (κ1) is 13.3. The summed E-state index contributed by atoms with van der Waals surface area (Å²) in [6.07, 6.45) is 0.733. The van der Waals surface area contributed by atoms with Crippen LogP contribution in [0.2, 0.25) is 0 Å². The van der Waals surface area contributed by atoms with Gasteiger partial charge < -0.3 is 0 Å². The molecule has 0 radical (unpaired) electrons. The molecule has 3 rings (SSSR count). The van der Waals surface area contributed by atoms with E-state index in [0.717, 1.165) is 17.8 Å². The van der Waals surface area contributed by atoms with E-state index in [1.54, 1.807) is 12.1 Å². The van der Waals surface area contributed by atoms with Gasteiger partial charge in [0.25, 0.3) is 5.91 Å². The molecule has 3 nitrogen and oxygen atoms in total. The molecule has 0 fully saturated rings. The molecule has 0 N–H and O–H groups in total. The number of aryl methyl sites for hydroxylation is 1. The fraction of sp³-hybridized carbons (Fsp3) is 0.111. The highest BCUT2D eigenvalue weighted by Gasteiger charge is 2.13. The Labute approximate surface area is 123 Å². The molecular weight excluding hydrogens is 260 g/mol. The van der Waals surface area contributed by atoms with Crippen molar-refractivity contribution in [1.82, 2.24) is 9.78 Å². The second-order valence-corrected chi connectivity index (χ2v) is 5.02. The van der Waals surface area contributed by atoms with Crippen LogP contribution in [0.1, 0.15) is 27.3 Å². The molecule has 0 bridgehead atoms. The molecule has 0 amide bonds. The molecule has 2 aromatic carbocycles. The van der Waals surface area contributed by atoms with Crippen LogP contribution in [0.15, 0.2) is 66.7 Å². The molecule has 0 aliphatic heterocycles. The van der Waals surface area contributed by atoms with Crippen molar-refractivity contribution < 1.29 is 4.79 Å². The number of rotatable bonds is 3. The first-order valence-corrected chi connectivity index (χ1v) is 6.93. The van der Waals surface area contributed by atoms with Gasteiger partial charge in [-0.3, -0.25) is 4.79 Å². The number of benzene rings is 2. The largest absolute Gasteiger partial charge is 0.278 e. The van der Waals surface area contributed by atoms with Crippen molar-refractivity contribution in [3.05, 3.63) is 89.2 Å². The zero-order valence-electron chi connectivity index (χ0n) is 11.9. The fourth-order valence-corrected chi connectivity index (χ4v) is 2.34. The fourth-order valence-electron chi connectivity index (χ4n) is 2.34. The minimum atomic E-state index is -0.0904. The molecule has 1 aromatic heterocycles. The molecule has 104 valence electrons. The molecule has 0 unspecified atom stereocenters. The van der Waals surface area contributed by atoms with Gasteiger partial charge in [0.15, 0.2) is 0 Å². The van der Waals surface area contributed by atoms with Crippen LogP contribution < -0.4 is 0 Å². The van der Waals surface area contributed by atoms with E-state index in [4.69, 9.17) is 0 Å². The third-order valence-electron chi connectivity index (χ3n) is 3.38. The summed E-state index contributed by atoms with van der Waals surface area (Å²) in [6.45, 7) is 1.91. The Morgan fingerprint density at radius 2 is 1.62 bits per heavy atom. The van der Waals surface area contributed by atoms with Gasteiger partial charge in [0, 0.05) is 17.7 Å². The Morgan fingerprint density at radius 1 is 1.00 bits per heavy atom. The van der Waals surface area contributed by atoms with Crippen LogP contribution in [0.5, 0.6) is 0 Å². The predicted molar refractivity (Wildman–Crippen MR) is 82.4 cm³/mol.